The first kappa shape index (κ1) is 29.2. The zero-order valence-electron chi connectivity index (χ0n) is 18.8. The van der Waals surface area contributed by atoms with Gasteiger partial charge in [0.2, 0.25) is 0 Å². The Kier molecular flexibility index (Phi) is 12.4. The van der Waals surface area contributed by atoms with Gasteiger partial charge in [0.05, 0.1) is 16.3 Å². The third-order valence-corrected chi connectivity index (χ3v) is 5.49. The number of rotatable bonds is 5. The lowest BCUT2D eigenvalue weighted by molar-refractivity contribution is 0.318. The second-order valence-electron chi connectivity index (χ2n) is 6.79. The van der Waals surface area contributed by atoms with Crippen LogP contribution in [0.1, 0.15) is 38.8 Å². The van der Waals surface area contributed by atoms with Crippen molar-refractivity contribution in [3.05, 3.63) is 59.7 Å². The Morgan fingerprint density at radius 2 is 1.09 bits per heavy atom. The van der Waals surface area contributed by atoms with Crippen molar-refractivity contribution in [1.29, 1.82) is 0 Å². The van der Waals surface area contributed by atoms with Gasteiger partial charge in [-0.1, -0.05) is 45.7 Å². The highest BCUT2D eigenvalue weighted by molar-refractivity contribution is 7.87. The van der Waals surface area contributed by atoms with Crippen LogP contribution in [-0.2, 0) is 28.8 Å². The van der Waals surface area contributed by atoms with Gasteiger partial charge in [-0.05, 0) is 65.8 Å². The van der Waals surface area contributed by atoms with Crippen LogP contribution in [0, 0.1) is 13.8 Å². The van der Waals surface area contributed by atoms with Crippen molar-refractivity contribution in [2.45, 2.75) is 51.3 Å². The Hall–Kier alpha value is -2.80. The van der Waals surface area contributed by atoms with Gasteiger partial charge in [0, 0.05) is 0 Å². The van der Waals surface area contributed by atoms with Gasteiger partial charge in [-0.15, -0.1) is 0 Å². The van der Waals surface area contributed by atoms with E-state index >= 15 is 0 Å². The average Bonchev–Trinajstić information content (AvgIpc) is 2.74. The molecular formula is C20H29N3O7S2. The summed E-state index contributed by atoms with van der Waals surface area (Å²) in [5.74, 6) is 4.59. The van der Waals surface area contributed by atoms with Gasteiger partial charge in [0.25, 0.3) is 0 Å². The predicted molar refractivity (Wildman–Crippen MR) is 122 cm³/mol. The molecule has 0 bridgehead atoms. The number of nitrogens with two attached hydrogens (primary N) is 1. The molecule has 0 aliphatic heterocycles. The van der Waals surface area contributed by atoms with Crippen LogP contribution in [0.25, 0.3) is 0 Å². The van der Waals surface area contributed by atoms with E-state index in [-0.39, 0.29) is 9.79 Å². The van der Waals surface area contributed by atoms with Crippen LogP contribution < -0.4 is 5.90 Å². The summed E-state index contributed by atoms with van der Waals surface area (Å²) in [4.78, 5) is 0.175. The molecule has 0 spiro atoms. The van der Waals surface area contributed by atoms with E-state index in [9.17, 15) is 16.8 Å². The number of benzene rings is 2. The first-order valence-corrected chi connectivity index (χ1v) is 11.9. The van der Waals surface area contributed by atoms with Crippen LogP contribution in [-0.4, -0.2) is 33.5 Å². The normalized spacial score (nSPS) is 10.5. The quantitative estimate of drug-likeness (QED) is 0.368. The fraction of sp³-hybridized carbons (Fsp3) is 0.300. The second kappa shape index (κ2) is 13.6. The van der Waals surface area contributed by atoms with Gasteiger partial charge >= 0.3 is 20.2 Å². The highest BCUT2D eigenvalue weighted by atomic mass is 32.2. The number of aryl methyl sites for hydroxylation is 2. The van der Waals surface area contributed by atoms with Crippen LogP contribution in [0.5, 0.6) is 0 Å². The maximum Gasteiger partial charge on any atom is 0.358 e. The van der Waals surface area contributed by atoms with Crippen molar-refractivity contribution in [3.8, 4) is 0 Å². The maximum absolute atomic E-state index is 11.5. The Labute approximate surface area is 189 Å². The fourth-order valence-electron chi connectivity index (χ4n) is 1.63. The topological polar surface area (TPSA) is 158 Å². The van der Waals surface area contributed by atoms with Gasteiger partial charge in [0.15, 0.2) is 0 Å². The lowest BCUT2D eigenvalue weighted by atomic mass is 10.2. The van der Waals surface area contributed by atoms with E-state index in [0.29, 0.717) is 11.4 Å². The highest BCUT2D eigenvalue weighted by Crippen LogP contribution is 2.13. The molecular weight excluding hydrogens is 458 g/mol. The summed E-state index contributed by atoms with van der Waals surface area (Å²) >= 11 is 0. The fourth-order valence-corrected chi connectivity index (χ4v) is 3.02. The largest absolute Gasteiger partial charge is 0.411 e. The van der Waals surface area contributed by atoms with E-state index in [1.165, 1.54) is 24.3 Å². The summed E-state index contributed by atoms with van der Waals surface area (Å²) in [6.45, 7) is 10.5. The van der Waals surface area contributed by atoms with E-state index in [0.717, 1.165) is 11.1 Å². The molecule has 0 amide bonds. The van der Waals surface area contributed by atoms with Crippen LogP contribution >= 0.6 is 0 Å². The van der Waals surface area contributed by atoms with Crippen molar-refractivity contribution >= 4 is 31.7 Å². The molecule has 2 aromatic rings. The number of oxime groups is 2. The van der Waals surface area contributed by atoms with E-state index in [4.69, 9.17) is 5.21 Å². The van der Waals surface area contributed by atoms with Crippen molar-refractivity contribution < 1.29 is 30.6 Å². The number of nitrogens with zero attached hydrogens (tertiary/aromatic N) is 2. The first-order chi connectivity index (χ1) is 14.7. The Bertz CT molecular complexity index is 1100. The molecule has 2 rings (SSSR count). The summed E-state index contributed by atoms with van der Waals surface area (Å²) in [7, 11) is -7.50. The van der Waals surface area contributed by atoms with E-state index in [2.05, 4.69) is 24.8 Å². The molecule has 0 aliphatic rings. The predicted octanol–water partition coefficient (Wildman–Crippen LogP) is 3.53. The SMILES string of the molecule is CC(C)=NO.CC(C)=NOS(=O)(=O)c1ccc(C)cc1.Cc1ccc(S(=O)(=O)ON)cc1. The van der Waals surface area contributed by atoms with E-state index < -0.39 is 20.2 Å². The van der Waals surface area contributed by atoms with Crippen molar-refractivity contribution in [3.63, 3.8) is 0 Å². The summed E-state index contributed by atoms with van der Waals surface area (Å²) in [6, 6.07) is 12.6. The van der Waals surface area contributed by atoms with E-state index in [1.54, 1.807) is 52.0 Å². The molecule has 32 heavy (non-hydrogen) atoms. The Morgan fingerprint density at radius 1 is 0.750 bits per heavy atom. The molecule has 3 N–H and O–H groups in total. The minimum Gasteiger partial charge on any atom is -0.411 e. The van der Waals surface area contributed by atoms with Crippen molar-refractivity contribution in [1.82, 2.24) is 0 Å². The minimum absolute atomic E-state index is 0.0654. The molecule has 0 unspecified atom stereocenters. The molecule has 0 radical (unpaired) electrons. The van der Waals surface area contributed by atoms with E-state index in [1.807, 2.05) is 13.8 Å². The molecule has 0 aliphatic carbocycles. The Morgan fingerprint density at radius 3 is 1.38 bits per heavy atom. The van der Waals surface area contributed by atoms with Crippen LogP contribution in [0.4, 0.5) is 0 Å². The average molecular weight is 488 g/mol. The maximum atomic E-state index is 11.5. The lowest BCUT2D eigenvalue weighted by Crippen LogP contribution is -2.10. The zero-order valence-corrected chi connectivity index (χ0v) is 20.4. The number of hydrogen-bond acceptors (Lipinski definition) is 10. The van der Waals surface area contributed by atoms with Gasteiger partial charge in [-0.2, -0.15) is 27.0 Å². The molecule has 2 aromatic carbocycles. The minimum atomic E-state index is -3.76. The Balaban J connectivity index is 0.000000505. The third kappa shape index (κ3) is 11.6. The lowest BCUT2D eigenvalue weighted by Gasteiger charge is -2.01. The van der Waals surface area contributed by atoms with Crippen molar-refractivity contribution in [2.24, 2.45) is 16.2 Å². The smallest absolute Gasteiger partial charge is 0.358 e. The highest BCUT2D eigenvalue weighted by Gasteiger charge is 2.15. The number of hydrogen-bond donors (Lipinski definition) is 2. The molecule has 10 nitrogen and oxygen atoms in total. The molecule has 0 heterocycles. The molecule has 0 saturated heterocycles. The van der Waals surface area contributed by atoms with Gasteiger partial charge in [0.1, 0.15) is 4.90 Å². The second-order valence-corrected chi connectivity index (χ2v) is 9.89. The van der Waals surface area contributed by atoms with Crippen molar-refractivity contribution in [2.75, 3.05) is 0 Å². The van der Waals surface area contributed by atoms with Gasteiger partial charge < -0.3 is 5.21 Å². The molecule has 0 fully saturated rings. The molecule has 178 valence electrons. The van der Waals surface area contributed by atoms with Crippen LogP contribution in [0.15, 0.2) is 68.6 Å². The summed E-state index contributed by atoms with van der Waals surface area (Å²) < 4.78 is 53.3. The molecule has 0 aromatic heterocycles. The molecule has 12 heteroatoms. The molecule has 0 saturated carbocycles. The standard InChI is InChI=1S/C10H13NO3S.C7H9NO3S.C3H7NO/c1-8(2)11-14-15(12,13)10-6-4-9(3)5-7-10;1-6-2-4-7(5-3-6)12(9,10)11-8;1-3(2)4-5/h4-7H,1-3H3;2-5H,8H2,1H3;5H,1-2H3. The van der Waals surface area contributed by atoms with Gasteiger partial charge in [-0.25, -0.2) is 0 Å². The zero-order chi connectivity index (χ0) is 24.9. The van der Waals surface area contributed by atoms with Crippen LogP contribution in [0.3, 0.4) is 0 Å². The summed E-state index contributed by atoms with van der Waals surface area (Å²) in [5, 5.41) is 14.0. The first-order valence-electron chi connectivity index (χ1n) is 9.12. The third-order valence-electron chi connectivity index (χ3n) is 3.26. The summed E-state index contributed by atoms with van der Waals surface area (Å²) in [6.07, 6.45) is 0. The van der Waals surface area contributed by atoms with Crippen LogP contribution in [0.2, 0.25) is 0 Å². The summed E-state index contributed by atoms with van der Waals surface area (Å²) in [5.41, 5.74) is 3.20. The molecule has 0 atom stereocenters. The van der Waals surface area contributed by atoms with Gasteiger partial charge in [-0.3, -0.25) is 4.28 Å². The monoisotopic (exact) mass is 487 g/mol.